The number of hydrogen-bond donors (Lipinski definition) is 0. The van der Waals surface area contributed by atoms with Crippen LogP contribution >= 0.6 is 0 Å². The third-order valence-electron chi connectivity index (χ3n) is 6.89. The minimum Gasteiger partial charge on any atom is -0.378 e. The van der Waals surface area contributed by atoms with Crippen molar-refractivity contribution in [3.63, 3.8) is 0 Å². The number of carbonyl (C=O) groups excluding carboxylic acids is 1. The quantitative estimate of drug-likeness (QED) is 0.595. The number of anilines is 1. The molecule has 1 saturated heterocycles. The van der Waals surface area contributed by atoms with Crippen molar-refractivity contribution in [3.8, 4) is 11.6 Å². The Morgan fingerprint density at radius 2 is 2.00 bits per heavy atom. The number of rotatable bonds is 4. The second-order valence-electron chi connectivity index (χ2n) is 8.79. The number of carbonyl (C=O) groups is 1. The molecule has 0 radical (unpaired) electrons. The molecule has 1 amide bonds. The molecule has 6 rings (SSSR count). The van der Waals surface area contributed by atoms with Gasteiger partial charge in [0.15, 0.2) is 11.6 Å². The van der Waals surface area contributed by atoms with E-state index in [4.69, 9.17) is 9.72 Å². The van der Waals surface area contributed by atoms with E-state index in [0.717, 1.165) is 36.6 Å². The molecule has 33 heavy (non-hydrogen) atoms. The Morgan fingerprint density at radius 1 is 1.18 bits per heavy atom. The van der Waals surface area contributed by atoms with Gasteiger partial charge in [-0.15, -0.1) is 10.2 Å². The van der Waals surface area contributed by atoms with Crippen LogP contribution < -0.4 is 4.90 Å². The van der Waals surface area contributed by atoms with Crippen LogP contribution in [0.2, 0.25) is 0 Å². The lowest BCUT2D eigenvalue weighted by Crippen LogP contribution is -2.42. The SMILES string of the molecule is CC[C@@H]1c2nncn2-c2cnc(-n3cc(C(=O)N4CCOCC4)cn3)nc2N1C1CCCC1. The molecule has 0 unspecified atom stereocenters. The number of hydrogen-bond acceptors (Lipinski definition) is 8. The van der Waals surface area contributed by atoms with Gasteiger partial charge >= 0.3 is 0 Å². The van der Waals surface area contributed by atoms with Gasteiger partial charge in [-0.1, -0.05) is 19.8 Å². The fourth-order valence-electron chi connectivity index (χ4n) is 5.24. The monoisotopic (exact) mass is 449 g/mol. The van der Waals surface area contributed by atoms with E-state index in [9.17, 15) is 4.79 Å². The van der Waals surface area contributed by atoms with E-state index in [1.54, 1.807) is 28.3 Å². The van der Waals surface area contributed by atoms with Crippen molar-refractivity contribution in [1.82, 2.24) is 39.4 Å². The van der Waals surface area contributed by atoms with Crippen LogP contribution in [0.4, 0.5) is 5.82 Å². The summed E-state index contributed by atoms with van der Waals surface area (Å²) in [7, 11) is 0. The highest BCUT2D eigenvalue weighted by Gasteiger charge is 2.38. The summed E-state index contributed by atoms with van der Waals surface area (Å²) in [6.07, 6.45) is 12.5. The van der Waals surface area contributed by atoms with Crippen LogP contribution in [-0.2, 0) is 4.74 Å². The number of amides is 1. The molecule has 172 valence electrons. The minimum atomic E-state index is -0.0460. The Kier molecular flexibility index (Phi) is 5.05. The first-order valence-corrected chi connectivity index (χ1v) is 11.7. The smallest absolute Gasteiger partial charge is 0.257 e. The highest BCUT2D eigenvalue weighted by Crippen LogP contribution is 2.42. The molecule has 2 fully saturated rings. The van der Waals surface area contributed by atoms with E-state index in [-0.39, 0.29) is 11.9 Å². The molecule has 11 heteroatoms. The maximum absolute atomic E-state index is 12.8. The summed E-state index contributed by atoms with van der Waals surface area (Å²) in [6.45, 7) is 4.49. The van der Waals surface area contributed by atoms with Gasteiger partial charge in [-0.2, -0.15) is 10.1 Å². The summed E-state index contributed by atoms with van der Waals surface area (Å²) >= 11 is 0. The third kappa shape index (κ3) is 3.38. The minimum absolute atomic E-state index is 0.0460. The standard InChI is InChI=1S/C22H27N9O2/c1-2-17-20-27-24-14-29(20)18-12-23-22(26-19(18)31(17)16-5-3-4-6-16)30-13-15(11-25-30)21(32)28-7-9-33-10-8-28/h11-14,16-17H,2-10H2,1H3/t17-/m1/s1. The number of morpholine rings is 1. The van der Waals surface area contributed by atoms with Gasteiger partial charge in [0.05, 0.1) is 37.2 Å². The molecule has 0 N–H and O–H groups in total. The van der Waals surface area contributed by atoms with E-state index < -0.39 is 0 Å². The highest BCUT2D eigenvalue weighted by atomic mass is 16.5. The molecule has 0 aromatic carbocycles. The number of fused-ring (bicyclic) bond motifs is 3. The predicted molar refractivity (Wildman–Crippen MR) is 119 cm³/mol. The summed E-state index contributed by atoms with van der Waals surface area (Å²) in [5.41, 5.74) is 1.41. The van der Waals surface area contributed by atoms with Gasteiger partial charge in [0.25, 0.3) is 11.9 Å². The Hall–Kier alpha value is -3.34. The van der Waals surface area contributed by atoms with E-state index in [1.165, 1.54) is 12.8 Å². The average Bonchev–Trinajstić information content (AvgIpc) is 3.64. The van der Waals surface area contributed by atoms with Crippen LogP contribution in [0.1, 0.15) is 61.3 Å². The van der Waals surface area contributed by atoms with Crippen molar-refractivity contribution in [2.75, 3.05) is 31.2 Å². The van der Waals surface area contributed by atoms with E-state index in [0.29, 0.717) is 43.9 Å². The van der Waals surface area contributed by atoms with Crippen molar-refractivity contribution in [2.24, 2.45) is 0 Å². The summed E-state index contributed by atoms with van der Waals surface area (Å²) in [5, 5.41) is 13.0. The van der Waals surface area contributed by atoms with E-state index in [2.05, 4.69) is 32.1 Å². The highest BCUT2D eigenvalue weighted by molar-refractivity contribution is 5.93. The normalized spacial score (nSPS) is 20.7. The predicted octanol–water partition coefficient (Wildman–Crippen LogP) is 1.93. The first kappa shape index (κ1) is 20.3. The van der Waals surface area contributed by atoms with Crippen molar-refractivity contribution in [1.29, 1.82) is 0 Å². The molecule has 3 aromatic heterocycles. The summed E-state index contributed by atoms with van der Waals surface area (Å²) in [6, 6.07) is 0.528. The first-order valence-electron chi connectivity index (χ1n) is 11.7. The van der Waals surface area contributed by atoms with Crippen LogP contribution in [0.15, 0.2) is 24.9 Å². The molecule has 3 aliphatic rings. The molecule has 2 aliphatic heterocycles. The van der Waals surface area contributed by atoms with E-state index >= 15 is 0 Å². The van der Waals surface area contributed by atoms with Gasteiger partial charge in [0, 0.05) is 25.3 Å². The van der Waals surface area contributed by atoms with Crippen LogP contribution in [0.3, 0.4) is 0 Å². The Balaban J connectivity index is 1.38. The van der Waals surface area contributed by atoms with Crippen LogP contribution in [0.5, 0.6) is 0 Å². The van der Waals surface area contributed by atoms with Crippen molar-refractivity contribution in [2.45, 2.75) is 51.1 Å². The summed E-state index contributed by atoms with van der Waals surface area (Å²) in [5.74, 6) is 2.22. The Labute approximate surface area is 191 Å². The molecule has 1 saturated carbocycles. The molecule has 0 spiro atoms. The number of ether oxygens (including phenoxy) is 1. The maximum atomic E-state index is 12.8. The van der Waals surface area contributed by atoms with Crippen molar-refractivity contribution in [3.05, 3.63) is 36.3 Å². The van der Waals surface area contributed by atoms with Gasteiger partial charge in [0.2, 0.25) is 0 Å². The van der Waals surface area contributed by atoms with Gasteiger partial charge in [-0.3, -0.25) is 9.36 Å². The topological polar surface area (TPSA) is 107 Å². The second kappa shape index (κ2) is 8.22. The van der Waals surface area contributed by atoms with Crippen LogP contribution in [-0.4, -0.2) is 77.7 Å². The number of nitrogens with zero attached hydrogens (tertiary/aromatic N) is 9. The largest absolute Gasteiger partial charge is 0.378 e. The van der Waals surface area contributed by atoms with Gasteiger partial charge in [-0.05, 0) is 19.3 Å². The first-order chi connectivity index (χ1) is 16.2. The molecule has 0 bridgehead atoms. The Bertz CT molecular complexity index is 1160. The lowest BCUT2D eigenvalue weighted by molar-refractivity contribution is 0.0303. The van der Waals surface area contributed by atoms with Crippen molar-refractivity contribution >= 4 is 11.7 Å². The lowest BCUT2D eigenvalue weighted by atomic mass is 10.0. The van der Waals surface area contributed by atoms with Crippen LogP contribution in [0, 0.1) is 0 Å². The van der Waals surface area contributed by atoms with Gasteiger partial charge in [-0.25, -0.2) is 9.67 Å². The zero-order valence-corrected chi connectivity index (χ0v) is 18.7. The molecule has 3 aromatic rings. The fraction of sp³-hybridized carbons (Fsp3) is 0.545. The van der Waals surface area contributed by atoms with Crippen molar-refractivity contribution < 1.29 is 9.53 Å². The second-order valence-corrected chi connectivity index (χ2v) is 8.79. The van der Waals surface area contributed by atoms with Crippen LogP contribution in [0.25, 0.3) is 11.6 Å². The van der Waals surface area contributed by atoms with Gasteiger partial charge in [0.1, 0.15) is 12.0 Å². The summed E-state index contributed by atoms with van der Waals surface area (Å²) < 4.78 is 8.93. The maximum Gasteiger partial charge on any atom is 0.257 e. The zero-order chi connectivity index (χ0) is 22.4. The third-order valence-corrected chi connectivity index (χ3v) is 6.89. The zero-order valence-electron chi connectivity index (χ0n) is 18.7. The molecule has 1 aliphatic carbocycles. The average molecular weight is 450 g/mol. The Morgan fingerprint density at radius 3 is 2.79 bits per heavy atom. The summed E-state index contributed by atoms with van der Waals surface area (Å²) in [4.78, 5) is 26.6. The van der Waals surface area contributed by atoms with E-state index in [1.807, 2.05) is 10.8 Å². The molecule has 5 heterocycles. The fourth-order valence-corrected chi connectivity index (χ4v) is 5.24. The molecular weight excluding hydrogens is 422 g/mol. The van der Waals surface area contributed by atoms with Gasteiger partial charge < -0.3 is 14.5 Å². The number of aromatic nitrogens is 7. The molecule has 11 nitrogen and oxygen atoms in total. The molecular formula is C22H27N9O2. The molecule has 1 atom stereocenters. The lowest BCUT2D eigenvalue weighted by Gasteiger charge is -2.40.